The van der Waals surface area contributed by atoms with E-state index in [2.05, 4.69) is 10.3 Å². The molecule has 130 valence electrons. The lowest BCUT2D eigenvalue weighted by Gasteiger charge is -2.40. The van der Waals surface area contributed by atoms with Crippen LogP contribution in [0.1, 0.15) is 23.6 Å². The van der Waals surface area contributed by atoms with Crippen LogP contribution in [0.4, 0.5) is 5.69 Å². The average molecular weight is 339 g/mol. The van der Waals surface area contributed by atoms with Gasteiger partial charge in [-0.15, -0.1) is 5.10 Å². The second-order valence-electron chi connectivity index (χ2n) is 6.95. The molecule has 0 radical (unpaired) electrons. The maximum absolute atomic E-state index is 12.7. The standard InChI is InChI=1S/C18H21N5O2/c1-12-3-4-15(7-13(12)2)22-9-14(8-17(22)24)18(25)21-10-16(11-21)23-6-5-19-20-23/h3-7,14,16H,8-11H2,1-2H3/t14-/m1/s1. The van der Waals surface area contributed by atoms with Gasteiger partial charge in [0.05, 0.1) is 18.2 Å². The predicted octanol–water partition coefficient (Wildman–Crippen LogP) is 1.33. The molecule has 25 heavy (non-hydrogen) atoms. The van der Waals surface area contributed by atoms with Gasteiger partial charge in [-0.2, -0.15) is 0 Å². The number of amides is 2. The lowest BCUT2D eigenvalue weighted by Crippen LogP contribution is -2.53. The van der Waals surface area contributed by atoms with Gasteiger partial charge >= 0.3 is 0 Å². The highest BCUT2D eigenvalue weighted by Crippen LogP contribution is 2.30. The fraction of sp³-hybridized carbons (Fsp3) is 0.444. The zero-order chi connectivity index (χ0) is 17.6. The van der Waals surface area contributed by atoms with E-state index in [9.17, 15) is 9.59 Å². The van der Waals surface area contributed by atoms with Crippen molar-refractivity contribution in [2.75, 3.05) is 24.5 Å². The highest BCUT2D eigenvalue weighted by atomic mass is 16.2. The Bertz CT molecular complexity index is 811. The van der Waals surface area contributed by atoms with Crippen LogP contribution in [0.5, 0.6) is 0 Å². The summed E-state index contributed by atoms with van der Waals surface area (Å²) in [6.45, 7) is 5.82. The molecule has 0 bridgehead atoms. The molecule has 2 amide bonds. The van der Waals surface area contributed by atoms with Gasteiger partial charge in [-0.05, 0) is 37.1 Å². The van der Waals surface area contributed by atoms with Crippen LogP contribution >= 0.6 is 0 Å². The van der Waals surface area contributed by atoms with Gasteiger partial charge in [0.15, 0.2) is 0 Å². The highest BCUT2D eigenvalue weighted by Gasteiger charge is 2.41. The summed E-state index contributed by atoms with van der Waals surface area (Å²) in [5.41, 5.74) is 3.23. The molecule has 1 aromatic heterocycles. The zero-order valence-electron chi connectivity index (χ0n) is 14.4. The maximum Gasteiger partial charge on any atom is 0.228 e. The minimum atomic E-state index is -0.259. The number of benzene rings is 1. The minimum absolute atomic E-state index is 0.0231. The number of aryl methyl sites for hydroxylation is 2. The van der Waals surface area contributed by atoms with Crippen molar-refractivity contribution in [3.63, 3.8) is 0 Å². The van der Waals surface area contributed by atoms with E-state index >= 15 is 0 Å². The second kappa shape index (κ2) is 5.98. The number of rotatable bonds is 3. The normalized spacial score (nSPS) is 20.9. The molecular formula is C18H21N5O2. The summed E-state index contributed by atoms with van der Waals surface area (Å²) in [5.74, 6) is -0.170. The molecule has 0 unspecified atom stereocenters. The highest BCUT2D eigenvalue weighted by molar-refractivity contribution is 6.00. The van der Waals surface area contributed by atoms with Gasteiger partial charge in [0, 0.05) is 37.9 Å². The van der Waals surface area contributed by atoms with Crippen LogP contribution in [0.3, 0.4) is 0 Å². The molecule has 2 saturated heterocycles. The molecule has 2 aliphatic rings. The zero-order valence-corrected chi connectivity index (χ0v) is 14.4. The monoisotopic (exact) mass is 339 g/mol. The molecule has 0 aliphatic carbocycles. The number of hydrogen-bond donors (Lipinski definition) is 0. The third-order valence-corrected chi connectivity index (χ3v) is 5.27. The van der Waals surface area contributed by atoms with E-state index in [4.69, 9.17) is 0 Å². The van der Waals surface area contributed by atoms with Gasteiger partial charge < -0.3 is 9.80 Å². The van der Waals surface area contributed by atoms with Gasteiger partial charge in [-0.1, -0.05) is 11.3 Å². The molecule has 0 saturated carbocycles. The fourth-order valence-electron chi connectivity index (χ4n) is 3.49. The number of anilines is 1. The first-order valence-electron chi connectivity index (χ1n) is 8.55. The van der Waals surface area contributed by atoms with E-state index in [0.717, 1.165) is 11.3 Å². The van der Waals surface area contributed by atoms with Gasteiger partial charge in [-0.3, -0.25) is 9.59 Å². The third kappa shape index (κ3) is 2.79. The first kappa shape index (κ1) is 15.8. The molecule has 2 aromatic rings. The van der Waals surface area contributed by atoms with Crippen LogP contribution in [0.15, 0.2) is 30.6 Å². The van der Waals surface area contributed by atoms with Crippen molar-refractivity contribution in [1.82, 2.24) is 19.9 Å². The van der Waals surface area contributed by atoms with Crippen molar-refractivity contribution in [3.05, 3.63) is 41.7 Å². The van der Waals surface area contributed by atoms with Crippen molar-refractivity contribution >= 4 is 17.5 Å². The Morgan fingerprint density at radius 1 is 1.16 bits per heavy atom. The number of likely N-dealkylation sites (tertiary alicyclic amines) is 1. The number of nitrogens with zero attached hydrogens (tertiary/aromatic N) is 5. The summed E-state index contributed by atoms with van der Waals surface area (Å²) in [6.07, 6.45) is 3.74. The molecule has 1 atom stereocenters. The molecule has 0 spiro atoms. The maximum atomic E-state index is 12.7. The minimum Gasteiger partial charge on any atom is -0.338 e. The lowest BCUT2D eigenvalue weighted by molar-refractivity contribution is -0.141. The predicted molar refractivity (Wildman–Crippen MR) is 92.0 cm³/mol. The quantitative estimate of drug-likeness (QED) is 0.846. The van der Waals surface area contributed by atoms with E-state index < -0.39 is 0 Å². The SMILES string of the molecule is Cc1ccc(N2C[C@H](C(=O)N3CC(n4ccnn4)C3)CC2=O)cc1C. The Kier molecular flexibility index (Phi) is 3.78. The molecular weight excluding hydrogens is 318 g/mol. The average Bonchev–Trinajstić information content (AvgIpc) is 3.18. The largest absolute Gasteiger partial charge is 0.338 e. The number of carbonyl (C=O) groups is 2. The van der Waals surface area contributed by atoms with Crippen LogP contribution in [0.2, 0.25) is 0 Å². The van der Waals surface area contributed by atoms with Crippen LogP contribution < -0.4 is 4.90 Å². The molecule has 3 heterocycles. The number of carbonyl (C=O) groups excluding carboxylic acids is 2. The van der Waals surface area contributed by atoms with Crippen molar-refractivity contribution in [3.8, 4) is 0 Å². The van der Waals surface area contributed by atoms with Crippen LogP contribution in [0.25, 0.3) is 0 Å². The van der Waals surface area contributed by atoms with Crippen molar-refractivity contribution in [1.29, 1.82) is 0 Å². The number of aromatic nitrogens is 3. The molecule has 2 fully saturated rings. The molecule has 1 aromatic carbocycles. The van der Waals surface area contributed by atoms with Crippen LogP contribution in [-0.4, -0.2) is 51.3 Å². The Hall–Kier alpha value is -2.70. The van der Waals surface area contributed by atoms with E-state index in [1.54, 1.807) is 15.8 Å². The number of hydrogen-bond acceptors (Lipinski definition) is 4. The van der Waals surface area contributed by atoms with Gasteiger partial charge in [0.1, 0.15) is 0 Å². The van der Waals surface area contributed by atoms with Gasteiger partial charge in [0.2, 0.25) is 11.8 Å². The van der Waals surface area contributed by atoms with Crippen molar-refractivity contribution in [2.45, 2.75) is 26.3 Å². The van der Waals surface area contributed by atoms with Crippen LogP contribution in [-0.2, 0) is 9.59 Å². The summed E-state index contributed by atoms with van der Waals surface area (Å²) >= 11 is 0. The second-order valence-corrected chi connectivity index (χ2v) is 6.95. The Labute approximate surface area is 146 Å². The molecule has 4 rings (SSSR count). The fourth-order valence-corrected chi connectivity index (χ4v) is 3.49. The lowest BCUT2D eigenvalue weighted by atomic mass is 10.0. The van der Waals surface area contributed by atoms with E-state index in [1.165, 1.54) is 5.56 Å². The van der Waals surface area contributed by atoms with E-state index in [-0.39, 0.29) is 30.2 Å². The first-order chi connectivity index (χ1) is 12.0. The van der Waals surface area contributed by atoms with E-state index in [0.29, 0.717) is 19.6 Å². The van der Waals surface area contributed by atoms with Crippen LogP contribution in [0, 0.1) is 19.8 Å². The van der Waals surface area contributed by atoms with Crippen molar-refractivity contribution in [2.24, 2.45) is 5.92 Å². The van der Waals surface area contributed by atoms with Crippen molar-refractivity contribution < 1.29 is 9.59 Å². The van der Waals surface area contributed by atoms with E-state index in [1.807, 2.05) is 43.1 Å². The summed E-state index contributed by atoms with van der Waals surface area (Å²) < 4.78 is 1.78. The van der Waals surface area contributed by atoms with Gasteiger partial charge in [-0.25, -0.2) is 4.68 Å². The Balaban J connectivity index is 1.40. The first-order valence-corrected chi connectivity index (χ1v) is 8.55. The van der Waals surface area contributed by atoms with Gasteiger partial charge in [0.25, 0.3) is 0 Å². The molecule has 2 aliphatic heterocycles. The third-order valence-electron chi connectivity index (χ3n) is 5.27. The Morgan fingerprint density at radius 3 is 2.64 bits per heavy atom. The molecule has 7 nitrogen and oxygen atoms in total. The Morgan fingerprint density at radius 2 is 1.96 bits per heavy atom. The summed E-state index contributed by atoms with van der Waals surface area (Å²) in [7, 11) is 0. The molecule has 0 N–H and O–H groups in total. The smallest absolute Gasteiger partial charge is 0.228 e. The molecule has 7 heteroatoms. The summed E-state index contributed by atoms with van der Waals surface area (Å²) in [4.78, 5) is 28.6. The summed E-state index contributed by atoms with van der Waals surface area (Å²) in [6, 6.07) is 6.19. The topological polar surface area (TPSA) is 71.3 Å². The summed E-state index contributed by atoms with van der Waals surface area (Å²) in [5, 5.41) is 7.77.